The molecule has 0 unspecified atom stereocenters. The number of nitrogens with one attached hydrogen (secondary N) is 1. The largest absolute Gasteiger partial charge is 0.392 e. The molecule has 0 aromatic carbocycles. The Kier molecular flexibility index (Phi) is 7.74. The number of hydrogen-bond acceptors (Lipinski definition) is 10. The molecule has 0 bridgehead atoms. The lowest BCUT2D eigenvalue weighted by atomic mass is 9.98. The molecule has 0 radical (unpaired) electrons. The lowest BCUT2D eigenvalue weighted by Gasteiger charge is -2.42. The number of aliphatic hydroxyl groups excluding tert-OH is 1. The van der Waals surface area contributed by atoms with Gasteiger partial charge in [-0.15, -0.1) is 0 Å². The number of anilines is 4. The zero-order valence-electron chi connectivity index (χ0n) is 26.6. The molecular weight excluding hydrogens is 598 g/mol. The summed E-state index contributed by atoms with van der Waals surface area (Å²) in [7, 11) is 1.69. The van der Waals surface area contributed by atoms with Gasteiger partial charge in [0.2, 0.25) is 0 Å². The molecule has 0 atom stereocenters. The van der Waals surface area contributed by atoms with Gasteiger partial charge in [-0.2, -0.15) is 0 Å². The number of aryl methyl sites for hydroxylation is 2. The Morgan fingerprint density at radius 1 is 0.979 bits per heavy atom. The van der Waals surface area contributed by atoms with Gasteiger partial charge >= 0.3 is 0 Å². The van der Waals surface area contributed by atoms with E-state index >= 15 is 0 Å². The minimum Gasteiger partial charge on any atom is -0.392 e. The van der Waals surface area contributed by atoms with Gasteiger partial charge in [0.05, 0.1) is 38.3 Å². The molecule has 47 heavy (non-hydrogen) atoms. The number of aliphatic hydroxyl groups is 1. The Hall–Kier alpha value is -4.59. The summed E-state index contributed by atoms with van der Waals surface area (Å²) in [5, 5.41) is 13.8. The number of rotatable bonds is 7. The van der Waals surface area contributed by atoms with Crippen LogP contribution >= 0.6 is 0 Å². The van der Waals surface area contributed by atoms with Crippen LogP contribution in [0.15, 0.2) is 47.8 Å². The van der Waals surface area contributed by atoms with Gasteiger partial charge in [-0.25, -0.2) is 15.0 Å². The number of piperazine rings is 1. The van der Waals surface area contributed by atoms with E-state index in [-0.39, 0.29) is 18.1 Å². The fourth-order valence-corrected chi connectivity index (χ4v) is 7.37. The molecule has 4 aromatic rings. The second-order valence-electron chi connectivity index (χ2n) is 12.8. The van der Waals surface area contributed by atoms with Crippen molar-refractivity contribution in [2.75, 3.05) is 61.1 Å². The van der Waals surface area contributed by atoms with E-state index in [1.807, 2.05) is 6.07 Å². The van der Waals surface area contributed by atoms with Crippen LogP contribution in [0.2, 0.25) is 0 Å². The number of carbonyl (C=O) groups is 1. The van der Waals surface area contributed by atoms with Crippen molar-refractivity contribution in [2.24, 2.45) is 7.05 Å². The van der Waals surface area contributed by atoms with Crippen LogP contribution in [0.4, 0.5) is 23.1 Å². The molecule has 4 aliphatic rings. The first-order valence-electron chi connectivity index (χ1n) is 16.5. The molecule has 3 aliphatic heterocycles. The summed E-state index contributed by atoms with van der Waals surface area (Å²) in [4.78, 5) is 47.2. The lowest BCUT2D eigenvalue weighted by molar-refractivity contribution is -0.0661. The van der Waals surface area contributed by atoms with Crippen molar-refractivity contribution in [3.05, 3.63) is 75.9 Å². The van der Waals surface area contributed by atoms with Gasteiger partial charge in [-0.3, -0.25) is 19.4 Å². The van der Waals surface area contributed by atoms with E-state index in [4.69, 9.17) is 4.74 Å². The zero-order valence-corrected chi connectivity index (χ0v) is 26.6. The van der Waals surface area contributed by atoms with Gasteiger partial charge in [-0.1, -0.05) is 0 Å². The fourth-order valence-electron chi connectivity index (χ4n) is 7.37. The van der Waals surface area contributed by atoms with Crippen molar-refractivity contribution in [1.82, 2.24) is 29.0 Å². The first-order chi connectivity index (χ1) is 23.0. The quantitative estimate of drug-likeness (QED) is 0.311. The molecule has 13 nitrogen and oxygen atoms in total. The lowest BCUT2D eigenvalue weighted by Crippen LogP contribution is -2.56. The highest BCUT2D eigenvalue weighted by Gasteiger charge is 2.33. The van der Waals surface area contributed by atoms with Crippen LogP contribution in [-0.4, -0.2) is 92.0 Å². The van der Waals surface area contributed by atoms with Crippen LogP contribution in [0.1, 0.15) is 40.2 Å². The molecule has 2 fully saturated rings. The molecule has 7 heterocycles. The normalized spacial score (nSPS) is 18.6. The molecule has 0 saturated carbocycles. The Balaban J connectivity index is 1.04. The highest BCUT2D eigenvalue weighted by Crippen LogP contribution is 2.34. The predicted octanol–water partition coefficient (Wildman–Crippen LogP) is 2.33. The van der Waals surface area contributed by atoms with E-state index < -0.39 is 0 Å². The van der Waals surface area contributed by atoms with Gasteiger partial charge in [0.15, 0.2) is 0 Å². The highest BCUT2D eigenvalue weighted by atomic mass is 16.5. The van der Waals surface area contributed by atoms with Gasteiger partial charge in [0.1, 0.15) is 28.8 Å². The number of nitrogens with zero attached hydrogens (tertiary/aromatic N) is 8. The Morgan fingerprint density at radius 2 is 1.81 bits per heavy atom. The van der Waals surface area contributed by atoms with Crippen LogP contribution in [-0.2, 0) is 37.8 Å². The number of carbonyl (C=O) groups excluding carboxylic acids is 1. The van der Waals surface area contributed by atoms with Gasteiger partial charge in [0.25, 0.3) is 11.5 Å². The van der Waals surface area contributed by atoms with Crippen molar-refractivity contribution in [3.8, 4) is 11.1 Å². The molecule has 13 heteroatoms. The summed E-state index contributed by atoms with van der Waals surface area (Å²) in [6.07, 6.45) is 11.1. The third-order valence-corrected chi connectivity index (χ3v) is 10.0. The SMILES string of the molecule is Cn1cc(-c2ccnc(N3CCn4c(cc5c4CCCC5)C3=O)c2CO)cc(Nc2cnc(N3CCN(C4COC4)CC3)cn2)c1=O. The van der Waals surface area contributed by atoms with Crippen molar-refractivity contribution in [1.29, 1.82) is 0 Å². The maximum atomic E-state index is 13.8. The predicted molar refractivity (Wildman–Crippen MR) is 177 cm³/mol. The third-order valence-electron chi connectivity index (χ3n) is 10.0. The van der Waals surface area contributed by atoms with Crippen LogP contribution in [0.3, 0.4) is 0 Å². The van der Waals surface area contributed by atoms with Crippen LogP contribution in [0, 0.1) is 0 Å². The van der Waals surface area contributed by atoms with Crippen molar-refractivity contribution in [3.63, 3.8) is 0 Å². The van der Waals surface area contributed by atoms with Crippen molar-refractivity contribution >= 4 is 29.0 Å². The topological polar surface area (TPSA) is 134 Å². The highest BCUT2D eigenvalue weighted by molar-refractivity contribution is 6.06. The minimum atomic E-state index is -0.318. The second kappa shape index (κ2) is 12.2. The average Bonchev–Trinajstić information content (AvgIpc) is 3.46. The molecule has 2 N–H and O–H groups in total. The first-order valence-corrected chi connectivity index (χ1v) is 16.5. The summed E-state index contributed by atoms with van der Waals surface area (Å²) in [6.45, 7) is 6.15. The smallest absolute Gasteiger partial charge is 0.276 e. The summed E-state index contributed by atoms with van der Waals surface area (Å²) in [5.74, 6) is 1.59. The van der Waals surface area contributed by atoms with E-state index in [2.05, 4.69) is 34.6 Å². The standard InChI is InChI=1S/C34H39N9O4/c1-39-18-23(14-27(33(39)45)38-30-16-37-31(17-36-30)41-10-8-40(9-11-41)24-20-47-21-24)25-6-7-35-32(26(25)19-44)43-13-12-42-28-5-3-2-4-22(28)15-29(42)34(43)46/h6-7,14-18,24,44H,2-5,8-13,19-21H2,1H3,(H,36,38). The number of aromatic nitrogens is 5. The number of fused-ring (bicyclic) bond motifs is 3. The molecule has 2 saturated heterocycles. The Morgan fingerprint density at radius 3 is 2.55 bits per heavy atom. The van der Waals surface area contributed by atoms with E-state index in [9.17, 15) is 14.7 Å². The van der Waals surface area contributed by atoms with Crippen molar-refractivity contribution < 1.29 is 14.6 Å². The van der Waals surface area contributed by atoms with Gasteiger partial charge in [0, 0.05) is 75.5 Å². The summed E-state index contributed by atoms with van der Waals surface area (Å²) in [5.41, 5.74) is 5.26. The third kappa shape index (κ3) is 5.37. The number of hydrogen-bond donors (Lipinski definition) is 2. The maximum absolute atomic E-state index is 13.8. The monoisotopic (exact) mass is 637 g/mol. The first kappa shape index (κ1) is 29.8. The number of amides is 1. The number of ether oxygens (including phenoxy) is 1. The summed E-state index contributed by atoms with van der Waals surface area (Å²) >= 11 is 0. The Labute approximate surface area is 272 Å². The molecule has 244 valence electrons. The maximum Gasteiger partial charge on any atom is 0.276 e. The molecule has 0 spiro atoms. The summed E-state index contributed by atoms with van der Waals surface area (Å²) in [6, 6.07) is 6.13. The van der Waals surface area contributed by atoms with Crippen LogP contribution in [0.5, 0.6) is 0 Å². The average molecular weight is 638 g/mol. The number of pyridine rings is 2. The van der Waals surface area contributed by atoms with Crippen molar-refractivity contribution in [2.45, 2.75) is 44.9 Å². The molecule has 4 aromatic heterocycles. The van der Waals surface area contributed by atoms with E-state index in [0.29, 0.717) is 58.8 Å². The van der Waals surface area contributed by atoms with E-state index in [1.165, 1.54) is 15.8 Å². The minimum absolute atomic E-state index is 0.107. The zero-order chi connectivity index (χ0) is 32.1. The van der Waals surface area contributed by atoms with Crippen LogP contribution < -0.4 is 20.7 Å². The second-order valence-corrected chi connectivity index (χ2v) is 12.8. The molecular formula is C34H39N9O4. The van der Waals surface area contributed by atoms with Gasteiger partial charge in [-0.05, 0) is 55.0 Å². The van der Waals surface area contributed by atoms with Gasteiger partial charge < -0.3 is 29.2 Å². The fraction of sp³-hybridized carbons (Fsp3) is 0.441. The van der Waals surface area contributed by atoms with E-state index in [0.717, 1.165) is 70.9 Å². The Bertz CT molecular complexity index is 1870. The molecule has 8 rings (SSSR count). The molecule has 1 aliphatic carbocycles. The summed E-state index contributed by atoms with van der Waals surface area (Å²) < 4.78 is 9.01. The van der Waals surface area contributed by atoms with Crippen LogP contribution in [0.25, 0.3) is 11.1 Å². The molecule has 1 amide bonds. The van der Waals surface area contributed by atoms with E-state index in [1.54, 1.807) is 48.9 Å².